The Hall–Kier alpha value is -3.34. The molecule has 5 nitrogen and oxygen atoms in total. The topological polar surface area (TPSA) is 62.6 Å². The Morgan fingerprint density at radius 1 is 0.926 bits per heavy atom. The van der Waals surface area contributed by atoms with Gasteiger partial charge in [0.05, 0.1) is 13.1 Å². The van der Waals surface area contributed by atoms with Gasteiger partial charge in [-0.3, -0.25) is 9.59 Å². The molecule has 0 aliphatic carbocycles. The average Bonchev–Trinajstić information content (AvgIpc) is 3.11. The van der Waals surface area contributed by atoms with Crippen molar-refractivity contribution in [3.63, 3.8) is 0 Å². The highest BCUT2D eigenvalue weighted by Crippen LogP contribution is 2.19. The first-order chi connectivity index (χ1) is 13.0. The van der Waals surface area contributed by atoms with Crippen molar-refractivity contribution in [2.45, 2.75) is 13.5 Å². The lowest BCUT2D eigenvalue weighted by molar-refractivity contribution is -0.129. The van der Waals surface area contributed by atoms with Crippen LogP contribution in [0.2, 0.25) is 0 Å². The molecule has 5 heteroatoms. The number of hydrogen-bond acceptors (Lipinski definition) is 3. The maximum absolute atomic E-state index is 12.3. The van der Waals surface area contributed by atoms with E-state index in [0.29, 0.717) is 17.9 Å². The summed E-state index contributed by atoms with van der Waals surface area (Å²) in [6.07, 6.45) is 0. The summed E-state index contributed by atoms with van der Waals surface area (Å²) in [5.74, 6) is 1.06. The van der Waals surface area contributed by atoms with Gasteiger partial charge in [0.25, 0.3) is 5.91 Å². The SMILES string of the molecule is Cc1ccc(CN(C)C(=O)CNC(=O)c2ccc(-c3ccccc3)cc2)o1. The number of carbonyl (C=O) groups excluding carboxylic acids is 2. The number of furan rings is 1. The van der Waals surface area contributed by atoms with E-state index in [9.17, 15) is 9.59 Å². The number of aryl methyl sites for hydroxylation is 1. The zero-order valence-corrected chi connectivity index (χ0v) is 15.4. The summed E-state index contributed by atoms with van der Waals surface area (Å²) in [6, 6.07) is 21.0. The Balaban J connectivity index is 1.53. The van der Waals surface area contributed by atoms with Crippen molar-refractivity contribution in [3.8, 4) is 11.1 Å². The first-order valence-electron chi connectivity index (χ1n) is 8.76. The van der Waals surface area contributed by atoms with Crippen LogP contribution in [-0.4, -0.2) is 30.3 Å². The van der Waals surface area contributed by atoms with Gasteiger partial charge in [0.15, 0.2) is 0 Å². The molecular weight excluding hydrogens is 340 g/mol. The van der Waals surface area contributed by atoms with Gasteiger partial charge in [0.1, 0.15) is 11.5 Å². The molecule has 2 amide bonds. The molecule has 0 fully saturated rings. The van der Waals surface area contributed by atoms with Gasteiger partial charge in [-0.05, 0) is 42.3 Å². The lowest BCUT2D eigenvalue weighted by atomic mass is 10.0. The minimum atomic E-state index is -0.273. The summed E-state index contributed by atoms with van der Waals surface area (Å²) < 4.78 is 5.47. The highest BCUT2D eigenvalue weighted by atomic mass is 16.3. The molecule has 0 unspecified atom stereocenters. The van der Waals surface area contributed by atoms with E-state index >= 15 is 0 Å². The Bertz CT molecular complexity index is 914. The third kappa shape index (κ3) is 4.85. The van der Waals surface area contributed by atoms with E-state index in [1.165, 1.54) is 4.90 Å². The standard InChI is InChI=1S/C22H22N2O3/c1-16-8-13-20(27-16)15-24(2)21(25)14-23-22(26)19-11-9-18(10-12-19)17-6-4-3-5-7-17/h3-13H,14-15H2,1-2H3,(H,23,26). The fraction of sp³-hybridized carbons (Fsp3) is 0.182. The van der Waals surface area contributed by atoms with E-state index in [1.54, 1.807) is 19.2 Å². The number of benzene rings is 2. The van der Waals surface area contributed by atoms with Crippen LogP contribution in [0.15, 0.2) is 71.1 Å². The average molecular weight is 362 g/mol. The van der Waals surface area contributed by atoms with Crippen LogP contribution in [0.1, 0.15) is 21.9 Å². The van der Waals surface area contributed by atoms with Crippen LogP contribution in [0.5, 0.6) is 0 Å². The van der Waals surface area contributed by atoms with Crippen LogP contribution in [0.4, 0.5) is 0 Å². The molecule has 0 radical (unpaired) electrons. The normalized spacial score (nSPS) is 10.4. The predicted molar refractivity (Wildman–Crippen MR) is 104 cm³/mol. The monoisotopic (exact) mass is 362 g/mol. The van der Waals surface area contributed by atoms with Crippen LogP contribution in [-0.2, 0) is 11.3 Å². The first kappa shape index (κ1) is 18.5. The van der Waals surface area contributed by atoms with Crippen molar-refractivity contribution in [2.75, 3.05) is 13.6 Å². The maximum Gasteiger partial charge on any atom is 0.251 e. The number of amides is 2. The lowest BCUT2D eigenvalue weighted by Crippen LogP contribution is -2.37. The second kappa shape index (κ2) is 8.36. The summed E-state index contributed by atoms with van der Waals surface area (Å²) in [6.45, 7) is 2.17. The maximum atomic E-state index is 12.3. The highest BCUT2D eigenvalue weighted by molar-refractivity contribution is 5.96. The molecule has 2 aromatic carbocycles. The Labute approximate surface area is 158 Å². The smallest absolute Gasteiger partial charge is 0.251 e. The summed E-state index contributed by atoms with van der Waals surface area (Å²) in [7, 11) is 1.68. The second-order valence-corrected chi connectivity index (χ2v) is 6.39. The van der Waals surface area contributed by atoms with Gasteiger partial charge in [-0.2, -0.15) is 0 Å². The fourth-order valence-corrected chi connectivity index (χ4v) is 2.73. The number of rotatable bonds is 6. The van der Waals surface area contributed by atoms with Crippen molar-refractivity contribution in [1.82, 2.24) is 10.2 Å². The molecule has 0 aliphatic rings. The van der Waals surface area contributed by atoms with Crippen molar-refractivity contribution in [3.05, 3.63) is 83.8 Å². The summed E-state index contributed by atoms with van der Waals surface area (Å²) >= 11 is 0. The first-order valence-corrected chi connectivity index (χ1v) is 8.76. The summed E-state index contributed by atoms with van der Waals surface area (Å²) in [4.78, 5) is 26.0. The number of hydrogen-bond donors (Lipinski definition) is 1. The van der Waals surface area contributed by atoms with Gasteiger partial charge in [0, 0.05) is 12.6 Å². The van der Waals surface area contributed by atoms with E-state index < -0.39 is 0 Å². The molecule has 0 bridgehead atoms. The van der Waals surface area contributed by atoms with Crippen molar-refractivity contribution < 1.29 is 14.0 Å². The number of nitrogens with zero attached hydrogens (tertiary/aromatic N) is 1. The minimum absolute atomic E-state index is 0.0601. The zero-order chi connectivity index (χ0) is 19.2. The molecule has 27 heavy (non-hydrogen) atoms. The molecule has 0 saturated carbocycles. The molecule has 3 aromatic rings. The van der Waals surface area contributed by atoms with Crippen molar-refractivity contribution >= 4 is 11.8 Å². The quantitative estimate of drug-likeness (QED) is 0.728. The molecular formula is C22H22N2O3. The molecule has 3 rings (SSSR count). The van der Waals surface area contributed by atoms with E-state index in [2.05, 4.69) is 5.32 Å². The van der Waals surface area contributed by atoms with Gasteiger partial charge in [-0.15, -0.1) is 0 Å². The van der Waals surface area contributed by atoms with E-state index in [0.717, 1.165) is 16.9 Å². The van der Waals surface area contributed by atoms with Crippen molar-refractivity contribution in [2.24, 2.45) is 0 Å². The van der Waals surface area contributed by atoms with Gasteiger partial charge in [-0.1, -0.05) is 42.5 Å². The molecule has 0 spiro atoms. The van der Waals surface area contributed by atoms with Crippen LogP contribution in [0.25, 0.3) is 11.1 Å². The Morgan fingerprint density at radius 3 is 2.22 bits per heavy atom. The van der Waals surface area contributed by atoms with E-state index in [4.69, 9.17) is 4.42 Å². The Morgan fingerprint density at radius 2 is 1.59 bits per heavy atom. The van der Waals surface area contributed by atoms with Crippen LogP contribution in [0, 0.1) is 6.92 Å². The van der Waals surface area contributed by atoms with E-state index in [-0.39, 0.29) is 18.4 Å². The van der Waals surface area contributed by atoms with Gasteiger partial charge >= 0.3 is 0 Å². The zero-order valence-electron chi connectivity index (χ0n) is 15.4. The highest BCUT2D eigenvalue weighted by Gasteiger charge is 2.13. The van der Waals surface area contributed by atoms with Crippen molar-refractivity contribution in [1.29, 1.82) is 0 Å². The van der Waals surface area contributed by atoms with Gasteiger partial charge in [-0.25, -0.2) is 0 Å². The van der Waals surface area contributed by atoms with E-state index in [1.807, 2.05) is 61.5 Å². The van der Waals surface area contributed by atoms with Crippen LogP contribution >= 0.6 is 0 Å². The summed E-state index contributed by atoms with van der Waals surface area (Å²) in [5.41, 5.74) is 2.65. The second-order valence-electron chi connectivity index (χ2n) is 6.39. The minimum Gasteiger partial charge on any atom is -0.464 e. The molecule has 1 heterocycles. The fourth-order valence-electron chi connectivity index (χ4n) is 2.73. The number of likely N-dealkylation sites (N-methyl/N-ethyl adjacent to an activating group) is 1. The largest absolute Gasteiger partial charge is 0.464 e. The third-order valence-electron chi connectivity index (χ3n) is 4.27. The number of carbonyl (C=O) groups is 2. The molecule has 1 N–H and O–H groups in total. The van der Waals surface area contributed by atoms with Gasteiger partial charge < -0.3 is 14.6 Å². The summed E-state index contributed by atoms with van der Waals surface area (Å²) in [5, 5.41) is 2.67. The molecule has 1 aromatic heterocycles. The van der Waals surface area contributed by atoms with Crippen LogP contribution < -0.4 is 5.32 Å². The molecule has 138 valence electrons. The van der Waals surface area contributed by atoms with Gasteiger partial charge in [0.2, 0.25) is 5.91 Å². The van der Waals surface area contributed by atoms with Crippen LogP contribution in [0.3, 0.4) is 0 Å². The lowest BCUT2D eigenvalue weighted by Gasteiger charge is -2.16. The Kier molecular flexibility index (Phi) is 5.71. The third-order valence-corrected chi connectivity index (χ3v) is 4.27. The molecule has 0 aliphatic heterocycles. The molecule has 0 atom stereocenters. The molecule has 0 saturated heterocycles. The predicted octanol–water partition coefficient (Wildman–Crippen LogP) is 3.64. The number of nitrogens with one attached hydrogen (secondary N) is 1.